The molecule has 0 aromatic heterocycles. The minimum absolute atomic E-state index is 0.404. The second-order valence-corrected chi connectivity index (χ2v) is 10.3. The average Bonchev–Trinajstić information content (AvgIpc) is 2.48. The summed E-state index contributed by atoms with van der Waals surface area (Å²) in [5, 5.41) is 0. The molecule has 0 heterocycles. The van der Waals surface area contributed by atoms with Crippen LogP contribution in [0.2, 0.25) is 19.6 Å². The molecule has 0 amide bonds. The molecule has 3 nitrogen and oxygen atoms in total. The summed E-state index contributed by atoms with van der Waals surface area (Å²) in [6, 6.07) is 19.6. The molecule has 2 rings (SSSR count). The molecule has 0 radical (unpaired) electrons. The first-order valence-corrected chi connectivity index (χ1v) is 10.7. The van der Waals surface area contributed by atoms with E-state index in [-0.39, 0.29) is 0 Å². The summed E-state index contributed by atoms with van der Waals surface area (Å²) in [6.07, 6.45) is 1.55. The van der Waals surface area contributed by atoms with Gasteiger partial charge in [-0.3, -0.25) is 0 Å². The fourth-order valence-electron chi connectivity index (χ4n) is 1.76. The first kappa shape index (κ1) is 16.2. The Kier molecular flexibility index (Phi) is 5.66. The summed E-state index contributed by atoms with van der Waals surface area (Å²) in [4.78, 5) is 0. The van der Waals surface area contributed by atoms with E-state index < -0.39 is 8.32 Å². The maximum absolute atomic E-state index is 5.93. The molecule has 0 aliphatic heterocycles. The molecule has 2 aromatic rings. The van der Waals surface area contributed by atoms with E-state index in [2.05, 4.69) is 19.6 Å². The lowest BCUT2D eigenvalue weighted by Crippen LogP contribution is -2.26. The minimum Gasteiger partial charge on any atom is -0.517 e. The highest BCUT2D eigenvalue weighted by Gasteiger charge is 2.19. The van der Waals surface area contributed by atoms with E-state index in [1.807, 2.05) is 60.7 Å². The van der Waals surface area contributed by atoms with Gasteiger partial charge < -0.3 is 13.9 Å². The normalized spacial score (nSPS) is 11.9. The van der Waals surface area contributed by atoms with Crippen LogP contribution in [0.3, 0.4) is 0 Å². The van der Waals surface area contributed by atoms with Crippen LogP contribution in [0.25, 0.3) is 0 Å². The lowest BCUT2D eigenvalue weighted by molar-refractivity contribution is 0.162. The smallest absolute Gasteiger partial charge is 0.307 e. The van der Waals surface area contributed by atoms with Crippen molar-refractivity contribution in [3.8, 4) is 5.75 Å². The van der Waals surface area contributed by atoms with Gasteiger partial charge in [-0.1, -0.05) is 48.5 Å². The number of hydrogen-bond acceptors (Lipinski definition) is 3. The van der Waals surface area contributed by atoms with E-state index in [0.29, 0.717) is 12.6 Å². The zero-order valence-corrected chi connectivity index (χ0v) is 14.3. The number of para-hydroxylation sites is 1. The van der Waals surface area contributed by atoms with Gasteiger partial charge in [-0.05, 0) is 37.3 Å². The summed E-state index contributed by atoms with van der Waals surface area (Å²) in [7, 11) is -1.78. The van der Waals surface area contributed by atoms with Crippen molar-refractivity contribution in [1.29, 1.82) is 0 Å². The van der Waals surface area contributed by atoms with Crippen LogP contribution >= 0.6 is 0 Å². The van der Waals surface area contributed by atoms with Crippen molar-refractivity contribution in [3.63, 3.8) is 0 Å². The van der Waals surface area contributed by atoms with Gasteiger partial charge in [-0.15, -0.1) is 0 Å². The molecule has 0 aliphatic carbocycles. The zero-order valence-electron chi connectivity index (χ0n) is 13.3. The molecule has 0 N–H and O–H groups in total. The maximum Gasteiger partial charge on any atom is 0.307 e. The largest absolute Gasteiger partial charge is 0.517 e. The summed E-state index contributed by atoms with van der Waals surface area (Å²) in [6.45, 7) is 6.79. The topological polar surface area (TPSA) is 27.7 Å². The number of rotatable bonds is 7. The Labute approximate surface area is 133 Å². The van der Waals surface area contributed by atoms with Crippen LogP contribution in [-0.2, 0) is 15.8 Å². The van der Waals surface area contributed by atoms with Crippen molar-refractivity contribution in [3.05, 3.63) is 78.4 Å². The van der Waals surface area contributed by atoms with E-state index in [1.54, 1.807) is 6.26 Å². The molecular formula is C18H22O3Si. The molecule has 0 atom stereocenters. The third kappa shape index (κ3) is 6.05. The lowest BCUT2D eigenvalue weighted by atomic mass is 10.2. The molecule has 0 bridgehead atoms. The standard InChI is InChI=1S/C18H22O3Si/c1-22(2,3)21-18(20-17-12-8-5-9-13-17)15-19-14-16-10-6-4-7-11-16/h4-13,15H,14H2,1-3H3/b18-15-. The Hall–Kier alpha value is -2.20. The van der Waals surface area contributed by atoms with E-state index in [9.17, 15) is 0 Å². The van der Waals surface area contributed by atoms with Crippen molar-refractivity contribution in [2.24, 2.45) is 0 Å². The summed E-state index contributed by atoms with van der Waals surface area (Å²) < 4.78 is 17.3. The summed E-state index contributed by atoms with van der Waals surface area (Å²) >= 11 is 0. The Morgan fingerprint density at radius 1 is 0.909 bits per heavy atom. The number of benzene rings is 2. The highest BCUT2D eigenvalue weighted by Crippen LogP contribution is 2.17. The third-order valence-electron chi connectivity index (χ3n) is 2.64. The van der Waals surface area contributed by atoms with Crippen molar-refractivity contribution >= 4 is 8.32 Å². The molecule has 4 heteroatoms. The van der Waals surface area contributed by atoms with Crippen molar-refractivity contribution in [2.75, 3.05) is 0 Å². The second kappa shape index (κ2) is 7.71. The monoisotopic (exact) mass is 314 g/mol. The zero-order chi connectivity index (χ0) is 15.8. The van der Waals surface area contributed by atoms with Gasteiger partial charge in [0.05, 0.1) is 0 Å². The van der Waals surface area contributed by atoms with E-state index in [0.717, 1.165) is 11.3 Å². The Balaban J connectivity index is 2.01. The van der Waals surface area contributed by atoms with E-state index in [1.165, 1.54) is 0 Å². The predicted octanol–water partition coefficient (Wildman–Crippen LogP) is 4.93. The second-order valence-electron chi connectivity index (χ2n) is 5.86. The molecule has 116 valence electrons. The molecule has 0 fully saturated rings. The van der Waals surface area contributed by atoms with Gasteiger partial charge in [0, 0.05) is 0 Å². The number of hydrogen-bond donors (Lipinski definition) is 0. The van der Waals surface area contributed by atoms with E-state index in [4.69, 9.17) is 13.9 Å². The Morgan fingerprint density at radius 3 is 2.09 bits per heavy atom. The first-order valence-electron chi connectivity index (χ1n) is 7.30. The molecule has 0 aliphatic rings. The van der Waals surface area contributed by atoms with Gasteiger partial charge in [-0.25, -0.2) is 0 Å². The van der Waals surface area contributed by atoms with Crippen LogP contribution in [0.1, 0.15) is 5.56 Å². The Morgan fingerprint density at radius 2 is 1.50 bits per heavy atom. The molecular weight excluding hydrogens is 292 g/mol. The van der Waals surface area contributed by atoms with E-state index >= 15 is 0 Å². The van der Waals surface area contributed by atoms with Crippen molar-refractivity contribution < 1.29 is 13.9 Å². The molecule has 0 spiro atoms. The van der Waals surface area contributed by atoms with Gasteiger partial charge in [0.15, 0.2) is 6.26 Å². The number of ether oxygens (including phenoxy) is 2. The van der Waals surface area contributed by atoms with Crippen LogP contribution in [0, 0.1) is 0 Å². The fraction of sp³-hybridized carbons (Fsp3) is 0.222. The van der Waals surface area contributed by atoms with Gasteiger partial charge in [0.1, 0.15) is 12.4 Å². The minimum atomic E-state index is -1.78. The van der Waals surface area contributed by atoms with Crippen LogP contribution in [0.4, 0.5) is 0 Å². The predicted molar refractivity (Wildman–Crippen MR) is 90.8 cm³/mol. The summed E-state index contributed by atoms with van der Waals surface area (Å²) in [5.74, 6) is 1.14. The quantitative estimate of drug-likeness (QED) is 0.535. The van der Waals surface area contributed by atoms with Gasteiger partial charge >= 0.3 is 5.95 Å². The first-order chi connectivity index (χ1) is 10.5. The lowest BCUT2D eigenvalue weighted by Gasteiger charge is -2.21. The van der Waals surface area contributed by atoms with Crippen LogP contribution in [-0.4, -0.2) is 8.32 Å². The molecule has 22 heavy (non-hydrogen) atoms. The maximum atomic E-state index is 5.93. The van der Waals surface area contributed by atoms with Crippen LogP contribution in [0.5, 0.6) is 5.75 Å². The summed E-state index contributed by atoms with van der Waals surface area (Å²) in [5.41, 5.74) is 1.10. The molecule has 2 aromatic carbocycles. The van der Waals surface area contributed by atoms with Gasteiger partial charge in [0.25, 0.3) is 0 Å². The van der Waals surface area contributed by atoms with Gasteiger partial charge in [-0.2, -0.15) is 0 Å². The van der Waals surface area contributed by atoms with Gasteiger partial charge in [0.2, 0.25) is 8.32 Å². The highest BCUT2D eigenvalue weighted by atomic mass is 28.4. The SMILES string of the molecule is C[Si](C)(C)O/C(=C\OCc1ccccc1)Oc1ccccc1. The molecule has 0 saturated heterocycles. The fourth-order valence-corrected chi connectivity index (χ4v) is 2.45. The average molecular weight is 314 g/mol. The van der Waals surface area contributed by atoms with Crippen molar-refractivity contribution in [2.45, 2.75) is 26.2 Å². The van der Waals surface area contributed by atoms with Crippen LogP contribution in [0.15, 0.2) is 72.9 Å². The highest BCUT2D eigenvalue weighted by molar-refractivity contribution is 6.70. The van der Waals surface area contributed by atoms with Crippen LogP contribution < -0.4 is 4.74 Å². The molecule has 0 unspecified atom stereocenters. The van der Waals surface area contributed by atoms with Crippen molar-refractivity contribution in [1.82, 2.24) is 0 Å². The third-order valence-corrected chi connectivity index (χ3v) is 3.45. The molecule has 0 saturated carbocycles. The Bertz CT molecular complexity index is 589.